The maximum Gasteiger partial charge on any atom is 0.261 e. The number of rotatable bonds is 4. The maximum atomic E-state index is 13.0. The predicted octanol–water partition coefficient (Wildman–Crippen LogP) is 4.14. The molecular weight excluding hydrogens is 372 g/mol. The second kappa shape index (κ2) is 6.34. The van der Waals surface area contributed by atoms with Gasteiger partial charge in [0.05, 0.1) is 10.6 Å². The summed E-state index contributed by atoms with van der Waals surface area (Å²) in [6.07, 6.45) is 1.91. The Labute approximate surface area is 166 Å². The van der Waals surface area contributed by atoms with Crippen LogP contribution in [0.25, 0.3) is 0 Å². The summed E-state index contributed by atoms with van der Waals surface area (Å²) < 4.78 is 28.8. The molecule has 1 heterocycles. The van der Waals surface area contributed by atoms with Crippen molar-refractivity contribution in [1.82, 2.24) is 0 Å². The van der Waals surface area contributed by atoms with Crippen LogP contribution >= 0.6 is 0 Å². The van der Waals surface area contributed by atoms with Crippen molar-refractivity contribution in [3.63, 3.8) is 0 Å². The average Bonchev–Trinajstić information content (AvgIpc) is 3.44. The number of nitrogens with zero attached hydrogens (tertiary/aromatic N) is 1. The summed E-state index contributed by atoms with van der Waals surface area (Å²) in [5.41, 5.74) is 3.99. The van der Waals surface area contributed by atoms with E-state index in [1.165, 1.54) is 0 Å². The molecule has 1 N–H and O–H groups in total. The normalized spacial score (nSPS) is 18.1. The van der Waals surface area contributed by atoms with E-state index in [1.54, 1.807) is 24.3 Å². The number of aryl methyl sites for hydroxylation is 1. The zero-order chi connectivity index (χ0) is 20.3. The van der Waals surface area contributed by atoms with E-state index >= 15 is 0 Å². The summed E-state index contributed by atoms with van der Waals surface area (Å²) in [4.78, 5) is 14.7. The molecule has 1 amide bonds. The molecule has 148 valence electrons. The monoisotopic (exact) mass is 398 g/mol. The SMILES string of the molecule is Cc1cccc(NS(=O)(=O)c2ccc3c(c2)C(C)(C)CN3C(=O)C2CC2)c1C. The van der Waals surface area contributed by atoms with Crippen LogP contribution in [0.2, 0.25) is 0 Å². The molecular formula is C22H26N2O3S. The molecule has 0 unspecified atom stereocenters. The second-order valence-corrected chi connectivity index (χ2v) is 10.3. The molecule has 1 aliphatic carbocycles. The Kier molecular flexibility index (Phi) is 4.30. The van der Waals surface area contributed by atoms with E-state index in [9.17, 15) is 13.2 Å². The summed E-state index contributed by atoms with van der Waals surface area (Å²) in [6.45, 7) is 8.56. The summed E-state index contributed by atoms with van der Waals surface area (Å²) in [5.74, 6) is 0.298. The number of carbonyl (C=O) groups is 1. The van der Waals surface area contributed by atoms with Gasteiger partial charge in [-0.1, -0.05) is 26.0 Å². The first kappa shape index (κ1) is 19.0. The van der Waals surface area contributed by atoms with E-state index in [-0.39, 0.29) is 22.1 Å². The van der Waals surface area contributed by atoms with Gasteiger partial charge in [0.15, 0.2) is 0 Å². The van der Waals surface area contributed by atoms with E-state index in [2.05, 4.69) is 18.6 Å². The van der Waals surface area contributed by atoms with E-state index in [1.807, 2.05) is 30.9 Å². The van der Waals surface area contributed by atoms with Gasteiger partial charge in [0, 0.05) is 23.6 Å². The van der Waals surface area contributed by atoms with Crippen LogP contribution in [-0.4, -0.2) is 20.9 Å². The van der Waals surface area contributed by atoms with Crippen molar-refractivity contribution in [3.8, 4) is 0 Å². The fraction of sp³-hybridized carbons (Fsp3) is 0.409. The molecule has 0 aromatic heterocycles. The molecule has 6 heteroatoms. The van der Waals surface area contributed by atoms with Crippen LogP contribution in [0, 0.1) is 19.8 Å². The summed E-state index contributed by atoms with van der Waals surface area (Å²) >= 11 is 0. The van der Waals surface area contributed by atoms with Crippen LogP contribution in [0.5, 0.6) is 0 Å². The average molecular weight is 399 g/mol. The number of sulfonamides is 1. The van der Waals surface area contributed by atoms with Crippen LogP contribution in [-0.2, 0) is 20.2 Å². The number of hydrogen-bond acceptors (Lipinski definition) is 3. The minimum absolute atomic E-state index is 0.135. The van der Waals surface area contributed by atoms with Crippen LogP contribution in [0.15, 0.2) is 41.3 Å². The van der Waals surface area contributed by atoms with Crippen molar-refractivity contribution in [2.45, 2.75) is 50.8 Å². The molecule has 4 rings (SSSR count). The molecule has 1 fully saturated rings. The Morgan fingerprint density at radius 1 is 1.14 bits per heavy atom. The highest BCUT2D eigenvalue weighted by Gasteiger charge is 2.43. The Hall–Kier alpha value is -2.34. The molecule has 0 radical (unpaired) electrons. The zero-order valence-corrected chi connectivity index (χ0v) is 17.6. The fourth-order valence-corrected chi connectivity index (χ4v) is 4.99. The van der Waals surface area contributed by atoms with E-state index in [0.717, 1.165) is 35.2 Å². The summed E-state index contributed by atoms with van der Waals surface area (Å²) in [7, 11) is -3.72. The highest BCUT2D eigenvalue weighted by atomic mass is 32.2. The molecule has 2 aromatic carbocycles. The number of fused-ring (bicyclic) bond motifs is 1. The Morgan fingerprint density at radius 3 is 2.54 bits per heavy atom. The highest BCUT2D eigenvalue weighted by molar-refractivity contribution is 7.92. The van der Waals surface area contributed by atoms with Gasteiger partial charge in [0.25, 0.3) is 10.0 Å². The molecule has 0 spiro atoms. The van der Waals surface area contributed by atoms with Crippen LogP contribution < -0.4 is 9.62 Å². The molecule has 2 aliphatic rings. The topological polar surface area (TPSA) is 66.5 Å². The molecule has 1 aliphatic heterocycles. The minimum atomic E-state index is -3.72. The molecule has 28 heavy (non-hydrogen) atoms. The first-order chi connectivity index (χ1) is 13.1. The van der Waals surface area contributed by atoms with Crippen LogP contribution in [0.3, 0.4) is 0 Å². The van der Waals surface area contributed by atoms with Gasteiger partial charge >= 0.3 is 0 Å². The van der Waals surface area contributed by atoms with Crippen LogP contribution in [0.4, 0.5) is 11.4 Å². The second-order valence-electron chi connectivity index (χ2n) is 8.61. The van der Waals surface area contributed by atoms with E-state index in [0.29, 0.717) is 12.2 Å². The van der Waals surface area contributed by atoms with Crippen molar-refractivity contribution in [1.29, 1.82) is 0 Å². The first-order valence-electron chi connectivity index (χ1n) is 9.65. The van der Waals surface area contributed by atoms with Gasteiger partial charge in [0.1, 0.15) is 0 Å². The van der Waals surface area contributed by atoms with Gasteiger partial charge in [-0.15, -0.1) is 0 Å². The number of benzene rings is 2. The van der Waals surface area contributed by atoms with Gasteiger partial charge in [0.2, 0.25) is 5.91 Å². The molecule has 1 saturated carbocycles. The van der Waals surface area contributed by atoms with Gasteiger partial charge < -0.3 is 4.90 Å². The predicted molar refractivity (Wildman–Crippen MR) is 111 cm³/mol. The van der Waals surface area contributed by atoms with Gasteiger partial charge in [-0.05, 0) is 67.6 Å². The lowest BCUT2D eigenvalue weighted by Crippen LogP contribution is -2.34. The quantitative estimate of drug-likeness (QED) is 0.842. The van der Waals surface area contributed by atoms with E-state index in [4.69, 9.17) is 0 Å². The highest BCUT2D eigenvalue weighted by Crippen LogP contribution is 2.44. The maximum absolute atomic E-state index is 13.0. The smallest absolute Gasteiger partial charge is 0.261 e. The lowest BCUT2D eigenvalue weighted by Gasteiger charge is -2.20. The molecule has 0 bridgehead atoms. The molecule has 2 aromatic rings. The van der Waals surface area contributed by atoms with Gasteiger partial charge in [-0.3, -0.25) is 9.52 Å². The fourth-order valence-electron chi connectivity index (χ4n) is 3.84. The number of nitrogens with one attached hydrogen (secondary N) is 1. The Morgan fingerprint density at radius 2 is 1.86 bits per heavy atom. The minimum Gasteiger partial charge on any atom is -0.311 e. The lowest BCUT2D eigenvalue weighted by molar-refractivity contribution is -0.119. The molecule has 0 saturated heterocycles. The third kappa shape index (κ3) is 3.20. The van der Waals surface area contributed by atoms with Gasteiger partial charge in [-0.25, -0.2) is 8.42 Å². The van der Waals surface area contributed by atoms with Crippen molar-refractivity contribution in [3.05, 3.63) is 53.1 Å². The largest absolute Gasteiger partial charge is 0.311 e. The van der Waals surface area contributed by atoms with Crippen molar-refractivity contribution < 1.29 is 13.2 Å². The number of hydrogen-bond donors (Lipinski definition) is 1. The third-order valence-corrected chi connectivity index (χ3v) is 7.26. The Bertz CT molecular complexity index is 1070. The lowest BCUT2D eigenvalue weighted by atomic mass is 9.87. The third-order valence-electron chi connectivity index (χ3n) is 5.89. The summed E-state index contributed by atoms with van der Waals surface area (Å²) in [6, 6.07) is 10.7. The zero-order valence-electron chi connectivity index (χ0n) is 16.7. The molecule has 5 nitrogen and oxygen atoms in total. The molecule has 0 atom stereocenters. The number of carbonyl (C=O) groups excluding carboxylic acids is 1. The number of amides is 1. The first-order valence-corrected chi connectivity index (χ1v) is 11.1. The van der Waals surface area contributed by atoms with Crippen molar-refractivity contribution in [2.75, 3.05) is 16.2 Å². The van der Waals surface area contributed by atoms with Crippen molar-refractivity contribution in [2.24, 2.45) is 5.92 Å². The van der Waals surface area contributed by atoms with E-state index < -0.39 is 10.0 Å². The standard InChI is InChI=1S/C22H26N2O3S/c1-14-6-5-7-19(15(14)2)23-28(26,27)17-10-11-20-18(12-17)22(3,4)13-24(20)21(25)16-8-9-16/h5-7,10-12,16,23H,8-9,13H2,1-4H3. The van der Waals surface area contributed by atoms with Crippen LogP contribution in [0.1, 0.15) is 43.4 Å². The van der Waals surface area contributed by atoms with Crippen molar-refractivity contribution >= 4 is 27.3 Å². The number of anilines is 2. The summed E-state index contributed by atoms with van der Waals surface area (Å²) in [5, 5.41) is 0. The van der Waals surface area contributed by atoms with Gasteiger partial charge in [-0.2, -0.15) is 0 Å². The Balaban J connectivity index is 1.70.